The zero-order valence-corrected chi connectivity index (χ0v) is 11.1. The van der Waals surface area contributed by atoms with Gasteiger partial charge in [0.25, 0.3) is 0 Å². The van der Waals surface area contributed by atoms with E-state index in [-0.39, 0.29) is 12.4 Å². The summed E-state index contributed by atoms with van der Waals surface area (Å²) in [5, 5.41) is 9.31. The number of aryl methyl sites for hydroxylation is 1. The van der Waals surface area contributed by atoms with Gasteiger partial charge in [0.2, 0.25) is 0 Å². The lowest BCUT2D eigenvalue weighted by Gasteiger charge is -2.26. The summed E-state index contributed by atoms with van der Waals surface area (Å²) in [6.07, 6.45) is 2.24. The number of rotatable bonds is 5. The van der Waals surface area contributed by atoms with Crippen LogP contribution in [0.2, 0.25) is 0 Å². The molecule has 1 aromatic carbocycles. The third kappa shape index (κ3) is 3.45. The monoisotopic (exact) mass is 257 g/mol. The highest BCUT2D eigenvalue weighted by molar-refractivity contribution is 5.85. The summed E-state index contributed by atoms with van der Waals surface area (Å²) < 4.78 is 0. The third-order valence-electron chi connectivity index (χ3n) is 2.93. The Morgan fingerprint density at radius 3 is 2.47 bits per heavy atom. The zero-order valence-electron chi connectivity index (χ0n) is 10.3. The lowest BCUT2D eigenvalue weighted by molar-refractivity contribution is -0.144. The molecule has 17 heavy (non-hydrogen) atoms. The van der Waals surface area contributed by atoms with Crippen molar-refractivity contribution >= 4 is 18.4 Å². The number of hydrogen-bond acceptors (Lipinski definition) is 2. The van der Waals surface area contributed by atoms with E-state index in [4.69, 9.17) is 5.73 Å². The van der Waals surface area contributed by atoms with Gasteiger partial charge in [-0.05, 0) is 24.5 Å². The van der Waals surface area contributed by atoms with Crippen molar-refractivity contribution < 1.29 is 9.90 Å². The standard InChI is InChI=1S/C13H19NO2.ClH/c1-3-4-9-13(14,12(15)16)11-8-6-5-7-10(11)2;/h5-8H,3-4,9,14H2,1-2H3,(H,15,16);1H. The second-order valence-corrected chi connectivity index (χ2v) is 4.19. The van der Waals surface area contributed by atoms with Crippen molar-refractivity contribution in [2.75, 3.05) is 0 Å². The predicted octanol–water partition coefficient (Wildman–Crippen LogP) is 2.85. The van der Waals surface area contributed by atoms with E-state index in [1.54, 1.807) is 6.07 Å². The van der Waals surface area contributed by atoms with Crippen molar-refractivity contribution in [3.05, 3.63) is 35.4 Å². The highest BCUT2D eigenvalue weighted by Gasteiger charge is 2.36. The van der Waals surface area contributed by atoms with Crippen molar-refractivity contribution in [1.82, 2.24) is 0 Å². The minimum atomic E-state index is -1.25. The van der Waals surface area contributed by atoms with Gasteiger partial charge < -0.3 is 10.8 Å². The summed E-state index contributed by atoms with van der Waals surface area (Å²) in [6.45, 7) is 3.92. The maximum atomic E-state index is 11.4. The molecule has 4 heteroatoms. The fraction of sp³-hybridized carbons (Fsp3) is 0.462. The van der Waals surface area contributed by atoms with E-state index in [2.05, 4.69) is 0 Å². The van der Waals surface area contributed by atoms with Gasteiger partial charge in [-0.2, -0.15) is 0 Å². The van der Waals surface area contributed by atoms with E-state index in [0.29, 0.717) is 6.42 Å². The molecule has 0 saturated heterocycles. The normalized spacial score (nSPS) is 13.6. The number of nitrogens with two attached hydrogens (primary N) is 1. The number of aliphatic carboxylic acids is 1. The van der Waals surface area contributed by atoms with Gasteiger partial charge in [-0.3, -0.25) is 0 Å². The van der Waals surface area contributed by atoms with Crippen LogP contribution in [0.15, 0.2) is 24.3 Å². The molecule has 0 aromatic heterocycles. The first-order chi connectivity index (χ1) is 7.52. The highest BCUT2D eigenvalue weighted by atomic mass is 35.5. The van der Waals surface area contributed by atoms with E-state index >= 15 is 0 Å². The van der Waals surface area contributed by atoms with Crippen LogP contribution in [0.4, 0.5) is 0 Å². The van der Waals surface area contributed by atoms with Crippen LogP contribution >= 0.6 is 12.4 Å². The first-order valence-electron chi connectivity index (χ1n) is 5.60. The Hall–Kier alpha value is -1.06. The Morgan fingerprint density at radius 1 is 1.41 bits per heavy atom. The summed E-state index contributed by atoms with van der Waals surface area (Å²) in [5.41, 5.74) is 6.45. The number of unbranched alkanes of at least 4 members (excludes halogenated alkanes) is 1. The molecule has 1 unspecified atom stereocenters. The van der Waals surface area contributed by atoms with Crippen molar-refractivity contribution in [3.63, 3.8) is 0 Å². The fourth-order valence-corrected chi connectivity index (χ4v) is 1.89. The average Bonchev–Trinajstić information content (AvgIpc) is 2.26. The summed E-state index contributed by atoms with van der Waals surface area (Å²) in [6, 6.07) is 7.42. The molecule has 1 aromatic rings. The van der Waals surface area contributed by atoms with E-state index in [1.165, 1.54) is 0 Å². The molecule has 1 rings (SSSR count). The van der Waals surface area contributed by atoms with Crippen molar-refractivity contribution in [1.29, 1.82) is 0 Å². The molecule has 0 aliphatic heterocycles. The molecule has 0 fully saturated rings. The first kappa shape index (κ1) is 15.9. The fourth-order valence-electron chi connectivity index (χ4n) is 1.89. The smallest absolute Gasteiger partial charge is 0.328 e. The van der Waals surface area contributed by atoms with Crippen LogP contribution < -0.4 is 5.73 Å². The Kier molecular flexibility index (Phi) is 6.21. The first-order valence-corrected chi connectivity index (χ1v) is 5.60. The van der Waals surface area contributed by atoms with Crippen molar-refractivity contribution in [2.24, 2.45) is 5.73 Å². The summed E-state index contributed by atoms with van der Waals surface area (Å²) >= 11 is 0. The minimum absolute atomic E-state index is 0. The second kappa shape index (κ2) is 6.62. The van der Waals surface area contributed by atoms with Crippen molar-refractivity contribution in [2.45, 2.75) is 38.6 Å². The summed E-state index contributed by atoms with van der Waals surface area (Å²) in [5.74, 6) is -0.949. The van der Waals surface area contributed by atoms with Gasteiger partial charge >= 0.3 is 5.97 Å². The number of benzene rings is 1. The second-order valence-electron chi connectivity index (χ2n) is 4.19. The molecule has 3 N–H and O–H groups in total. The molecule has 0 amide bonds. The molecule has 0 aliphatic carbocycles. The van der Waals surface area contributed by atoms with E-state index in [9.17, 15) is 9.90 Å². The summed E-state index contributed by atoms with van der Waals surface area (Å²) in [7, 11) is 0. The van der Waals surface area contributed by atoms with Gasteiger partial charge in [0, 0.05) is 0 Å². The van der Waals surface area contributed by atoms with Gasteiger partial charge in [0.1, 0.15) is 5.54 Å². The molecule has 0 aliphatic rings. The molecule has 0 spiro atoms. The Labute approximate surface area is 108 Å². The topological polar surface area (TPSA) is 63.3 Å². The predicted molar refractivity (Wildman–Crippen MR) is 71.5 cm³/mol. The molecular formula is C13H20ClNO2. The maximum Gasteiger partial charge on any atom is 0.328 e. The van der Waals surface area contributed by atoms with Crippen LogP contribution in [0.5, 0.6) is 0 Å². The minimum Gasteiger partial charge on any atom is -0.480 e. The maximum absolute atomic E-state index is 11.4. The van der Waals surface area contributed by atoms with Crippen LogP contribution in [0.25, 0.3) is 0 Å². The number of carboxylic acid groups (broad SMARTS) is 1. The van der Waals surface area contributed by atoms with Crippen LogP contribution in [0, 0.1) is 6.92 Å². The van der Waals surface area contributed by atoms with Gasteiger partial charge in [-0.15, -0.1) is 12.4 Å². The van der Waals surface area contributed by atoms with Crippen LogP contribution in [0.1, 0.15) is 37.3 Å². The Balaban J connectivity index is 0.00000256. The Morgan fingerprint density at radius 2 is 2.00 bits per heavy atom. The quantitative estimate of drug-likeness (QED) is 0.853. The van der Waals surface area contributed by atoms with Gasteiger partial charge in [0.15, 0.2) is 0 Å². The number of hydrogen-bond donors (Lipinski definition) is 2. The van der Waals surface area contributed by atoms with Crippen molar-refractivity contribution in [3.8, 4) is 0 Å². The average molecular weight is 258 g/mol. The van der Waals surface area contributed by atoms with Crippen LogP contribution in [-0.2, 0) is 10.3 Å². The molecule has 96 valence electrons. The third-order valence-corrected chi connectivity index (χ3v) is 2.93. The highest BCUT2D eigenvalue weighted by Crippen LogP contribution is 2.27. The van der Waals surface area contributed by atoms with Gasteiger partial charge in [0.05, 0.1) is 0 Å². The molecule has 0 heterocycles. The van der Waals surface area contributed by atoms with E-state index < -0.39 is 11.5 Å². The molecule has 0 saturated carbocycles. The number of carboxylic acids is 1. The van der Waals surface area contributed by atoms with E-state index in [0.717, 1.165) is 24.0 Å². The molecule has 0 bridgehead atoms. The van der Waals surface area contributed by atoms with Crippen LogP contribution in [0.3, 0.4) is 0 Å². The van der Waals surface area contributed by atoms with Gasteiger partial charge in [-0.1, -0.05) is 44.0 Å². The molecule has 3 nitrogen and oxygen atoms in total. The van der Waals surface area contributed by atoms with Gasteiger partial charge in [-0.25, -0.2) is 4.79 Å². The molecule has 1 atom stereocenters. The summed E-state index contributed by atoms with van der Waals surface area (Å²) in [4.78, 5) is 11.4. The van der Waals surface area contributed by atoms with Crippen LogP contribution in [-0.4, -0.2) is 11.1 Å². The largest absolute Gasteiger partial charge is 0.480 e. The molecule has 0 radical (unpaired) electrons. The van der Waals surface area contributed by atoms with E-state index in [1.807, 2.05) is 32.0 Å². The zero-order chi connectivity index (χ0) is 12.2. The number of halogens is 1. The lowest BCUT2D eigenvalue weighted by atomic mass is 9.83. The molecular weight excluding hydrogens is 238 g/mol. The Bertz CT molecular complexity index is 381. The lowest BCUT2D eigenvalue weighted by Crippen LogP contribution is -2.45. The SMILES string of the molecule is CCCCC(N)(C(=O)O)c1ccccc1C.Cl. The number of carbonyl (C=O) groups is 1.